The molecule has 1 heterocycles. The Kier molecular flexibility index (Phi) is 6.67. The summed E-state index contributed by atoms with van der Waals surface area (Å²) in [4.78, 5) is 23.3. The largest absolute Gasteiger partial charge is 0.391 e. The van der Waals surface area contributed by atoms with Crippen LogP contribution in [0, 0.1) is 16.0 Å². The van der Waals surface area contributed by atoms with Crippen molar-refractivity contribution in [1.29, 1.82) is 0 Å². The third kappa shape index (κ3) is 5.44. The van der Waals surface area contributed by atoms with Crippen molar-refractivity contribution >= 4 is 11.6 Å². The lowest BCUT2D eigenvalue weighted by Crippen LogP contribution is -2.42. The van der Waals surface area contributed by atoms with Gasteiger partial charge in [0.15, 0.2) is 0 Å². The molecule has 1 N–H and O–H groups in total. The topological polar surface area (TPSA) is 90.1 Å². The standard InChI is InChI=1S/C24H23F3N4O3/c25-24(26,27)18-5-4-6-19(14-18)28-22(32)13-17-15-30(20-7-2-1-3-8-20)29-23(17)16-9-11-21(12-10-16)31(33)34/h1-3,7-12,15,18-19H,4-6,13-14H2,(H,28,32). The van der Waals surface area contributed by atoms with Crippen LogP contribution >= 0.6 is 0 Å². The molecule has 7 nitrogen and oxygen atoms in total. The van der Waals surface area contributed by atoms with Gasteiger partial charge in [-0.3, -0.25) is 14.9 Å². The number of aromatic nitrogens is 2. The van der Waals surface area contributed by atoms with E-state index in [9.17, 15) is 28.1 Å². The fourth-order valence-corrected chi connectivity index (χ4v) is 4.31. The van der Waals surface area contributed by atoms with Crippen molar-refractivity contribution in [2.45, 2.75) is 44.3 Å². The van der Waals surface area contributed by atoms with Gasteiger partial charge in [-0.25, -0.2) is 4.68 Å². The smallest absolute Gasteiger partial charge is 0.353 e. The molecule has 3 aromatic rings. The van der Waals surface area contributed by atoms with Crippen LogP contribution in [0.1, 0.15) is 31.2 Å². The molecule has 2 unspecified atom stereocenters. The Hall–Kier alpha value is -3.69. The van der Waals surface area contributed by atoms with E-state index < -0.39 is 23.1 Å². The number of halogens is 3. The molecule has 2 aromatic carbocycles. The van der Waals surface area contributed by atoms with E-state index in [0.29, 0.717) is 29.7 Å². The zero-order valence-corrected chi connectivity index (χ0v) is 18.2. The molecule has 2 atom stereocenters. The molecule has 1 aliphatic rings. The Balaban J connectivity index is 1.56. The lowest BCUT2D eigenvalue weighted by atomic mass is 9.85. The van der Waals surface area contributed by atoms with Gasteiger partial charge < -0.3 is 5.32 Å². The fourth-order valence-electron chi connectivity index (χ4n) is 4.31. The number of hydrogen-bond donors (Lipinski definition) is 1. The van der Waals surface area contributed by atoms with E-state index in [2.05, 4.69) is 10.4 Å². The average Bonchev–Trinajstić information content (AvgIpc) is 3.23. The van der Waals surface area contributed by atoms with Gasteiger partial charge in [0.2, 0.25) is 5.91 Å². The van der Waals surface area contributed by atoms with Gasteiger partial charge in [0.05, 0.1) is 28.6 Å². The molecular weight excluding hydrogens is 449 g/mol. The van der Waals surface area contributed by atoms with Crippen LogP contribution in [0.5, 0.6) is 0 Å². The van der Waals surface area contributed by atoms with Crippen LogP contribution in [0.25, 0.3) is 16.9 Å². The first-order valence-electron chi connectivity index (χ1n) is 11.0. The van der Waals surface area contributed by atoms with E-state index in [1.165, 1.54) is 12.1 Å². The van der Waals surface area contributed by atoms with Crippen molar-refractivity contribution in [2.75, 3.05) is 0 Å². The number of alkyl halides is 3. The van der Waals surface area contributed by atoms with E-state index in [1.54, 1.807) is 23.0 Å². The predicted molar refractivity (Wildman–Crippen MR) is 119 cm³/mol. The molecule has 1 aliphatic carbocycles. The number of nitrogens with one attached hydrogen (secondary N) is 1. The molecule has 1 saturated carbocycles. The lowest BCUT2D eigenvalue weighted by Gasteiger charge is -2.31. The minimum atomic E-state index is -4.26. The summed E-state index contributed by atoms with van der Waals surface area (Å²) in [6.07, 6.45) is -1.75. The summed E-state index contributed by atoms with van der Waals surface area (Å²) >= 11 is 0. The van der Waals surface area contributed by atoms with Gasteiger partial charge in [0.25, 0.3) is 5.69 Å². The van der Waals surface area contributed by atoms with Crippen molar-refractivity contribution in [1.82, 2.24) is 15.1 Å². The van der Waals surface area contributed by atoms with Gasteiger partial charge in [-0.05, 0) is 43.5 Å². The summed E-state index contributed by atoms with van der Waals surface area (Å²) in [6.45, 7) is 0. The second-order valence-corrected chi connectivity index (χ2v) is 8.43. The second kappa shape index (κ2) is 9.66. The first kappa shape index (κ1) is 23.5. The Labute approximate surface area is 193 Å². The average molecular weight is 472 g/mol. The van der Waals surface area contributed by atoms with Gasteiger partial charge in [0, 0.05) is 35.5 Å². The summed E-state index contributed by atoms with van der Waals surface area (Å²) in [5.74, 6) is -1.79. The highest BCUT2D eigenvalue weighted by Gasteiger charge is 2.42. The summed E-state index contributed by atoms with van der Waals surface area (Å²) in [5.41, 5.74) is 2.33. The Morgan fingerprint density at radius 2 is 1.82 bits per heavy atom. The van der Waals surface area contributed by atoms with Crippen molar-refractivity contribution in [3.8, 4) is 16.9 Å². The normalized spacial score (nSPS) is 18.4. The van der Waals surface area contributed by atoms with Crippen LogP contribution in [0.2, 0.25) is 0 Å². The summed E-state index contributed by atoms with van der Waals surface area (Å²) < 4.78 is 41.0. The van der Waals surface area contributed by atoms with Crippen LogP contribution in [0.4, 0.5) is 18.9 Å². The number of nitro groups is 1. The minimum Gasteiger partial charge on any atom is -0.353 e. The predicted octanol–water partition coefficient (Wildman–Crippen LogP) is 5.23. The SMILES string of the molecule is O=C(Cc1cn(-c2ccccc2)nc1-c1ccc([N+](=O)[O-])cc1)NC1CCCC(C(F)(F)F)C1. The third-order valence-corrected chi connectivity index (χ3v) is 6.02. The molecule has 0 aliphatic heterocycles. The molecule has 10 heteroatoms. The lowest BCUT2D eigenvalue weighted by molar-refractivity contribution is -0.384. The Morgan fingerprint density at radius 3 is 2.47 bits per heavy atom. The maximum Gasteiger partial charge on any atom is 0.391 e. The zero-order chi connectivity index (χ0) is 24.3. The molecule has 0 bridgehead atoms. The van der Waals surface area contributed by atoms with Crippen LogP contribution < -0.4 is 5.32 Å². The molecular formula is C24H23F3N4O3. The van der Waals surface area contributed by atoms with Gasteiger partial charge in [0.1, 0.15) is 0 Å². The number of hydrogen-bond acceptors (Lipinski definition) is 4. The van der Waals surface area contributed by atoms with Crippen LogP contribution in [0.3, 0.4) is 0 Å². The molecule has 1 fully saturated rings. The van der Waals surface area contributed by atoms with Gasteiger partial charge >= 0.3 is 6.18 Å². The number of non-ortho nitro benzene ring substituents is 1. The van der Waals surface area contributed by atoms with Crippen molar-refractivity contribution < 1.29 is 22.9 Å². The molecule has 4 rings (SSSR count). The molecule has 1 aromatic heterocycles. The monoisotopic (exact) mass is 472 g/mol. The van der Waals surface area contributed by atoms with Crippen molar-refractivity contribution in [3.05, 3.63) is 76.5 Å². The van der Waals surface area contributed by atoms with Crippen LogP contribution in [-0.4, -0.2) is 32.8 Å². The van der Waals surface area contributed by atoms with E-state index in [4.69, 9.17) is 0 Å². The number of para-hydroxylation sites is 1. The van der Waals surface area contributed by atoms with Gasteiger partial charge in [-0.1, -0.05) is 24.6 Å². The first-order valence-corrected chi connectivity index (χ1v) is 11.0. The quantitative estimate of drug-likeness (QED) is 0.393. The highest BCUT2D eigenvalue weighted by Crippen LogP contribution is 2.37. The second-order valence-electron chi connectivity index (χ2n) is 8.43. The molecule has 34 heavy (non-hydrogen) atoms. The van der Waals surface area contributed by atoms with E-state index in [0.717, 1.165) is 5.69 Å². The maximum atomic E-state index is 13.1. The van der Waals surface area contributed by atoms with E-state index in [1.807, 2.05) is 30.3 Å². The molecule has 0 saturated heterocycles. The molecule has 0 spiro atoms. The van der Waals surface area contributed by atoms with Crippen molar-refractivity contribution in [3.63, 3.8) is 0 Å². The van der Waals surface area contributed by atoms with Crippen molar-refractivity contribution in [2.24, 2.45) is 5.92 Å². The summed E-state index contributed by atoms with van der Waals surface area (Å²) in [7, 11) is 0. The number of benzene rings is 2. The molecule has 1 amide bonds. The zero-order valence-electron chi connectivity index (χ0n) is 18.2. The Bertz CT molecular complexity index is 1160. The summed E-state index contributed by atoms with van der Waals surface area (Å²) in [6, 6.07) is 14.5. The first-order chi connectivity index (χ1) is 16.2. The van der Waals surface area contributed by atoms with Gasteiger partial charge in [-0.2, -0.15) is 18.3 Å². The third-order valence-electron chi connectivity index (χ3n) is 6.02. The number of carbonyl (C=O) groups excluding carboxylic acids is 1. The minimum absolute atomic E-state index is 0.0675. The van der Waals surface area contributed by atoms with Gasteiger partial charge in [-0.15, -0.1) is 0 Å². The fraction of sp³-hybridized carbons (Fsp3) is 0.333. The highest BCUT2D eigenvalue weighted by atomic mass is 19.4. The highest BCUT2D eigenvalue weighted by molar-refractivity contribution is 5.81. The number of nitro benzene ring substituents is 1. The van der Waals surface area contributed by atoms with Crippen LogP contribution in [0.15, 0.2) is 60.8 Å². The number of carbonyl (C=O) groups is 1. The number of amides is 1. The van der Waals surface area contributed by atoms with E-state index in [-0.39, 0.29) is 30.9 Å². The summed E-state index contributed by atoms with van der Waals surface area (Å²) in [5, 5.41) is 18.3. The molecule has 178 valence electrons. The number of nitrogens with zero attached hydrogens (tertiary/aromatic N) is 3. The van der Waals surface area contributed by atoms with Crippen LogP contribution in [-0.2, 0) is 11.2 Å². The molecule has 0 radical (unpaired) electrons. The number of rotatable bonds is 6. The van der Waals surface area contributed by atoms with E-state index >= 15 is 0 Å². The Morgan fingerprint density at radius 1 is 1.12 bits per heavy atom. The maximum absolute atomic E-state index is 13.1.